The number of phenolic OH excluding ortho intramolecular Hbond substituents is 1. The third kappa shape index (κ3) is 7.02. The van der Waals surface area contributed by atoms with Crippen molar-refractivity contribution in [1.82, 2.24) is 14.8 Å². The van der Waals surface area contributed by atoms with Gasteiger partial charge in [-0.1, -0.05) is 25.7 Å². The van der Waals surface area contributed by atoms with Crippen molar-refractivity contribution < 1.29 is 19.4 Å². The molecule has 0 radical (unpaired) electrons. The Kier molecular flexibility index (Phi) is 7.50. The summed E-state index contributed by atoms with van der Waals surface area (Å²) in [7, 11) is -1.18. The van der Waals surface area contributed by atoms with Gasteiger partial charge in [0.1, 0.15) is 28.4 Å². The SMILES string of the molecule is CC(C)(C)OC(=O)Nc1ccc(-c2nn(COCC[Si](C)(C)C)c3cnc(Br)cc23)cc1O. The summed E-state index contributed by atoms with van der Waals surface area (Å²) >= 11 is 3.43. The molecular weight excluding hydrogens is 504 g/mol. The smallest absolute Gasteiger partial charge is 0.412 e. The zero-order chi connectivity index (χ0) is 24.4. The maximum Gasteiger partial charge on any atom is 0.412 e. The van der Waals surface area contributed by atoms with Crippen LogP contribution in [0.3, 0.4) is 0 Å². The first-order valence-corrected chi connectivity index (χ1v) is 15.3. The highest BCUT2D eigenvalue weighted by Gasteiger charge is 2.19. The van der Waals surface area contributed by atoms with E-state index in [1.165, 1.54) is 0 Å². The van der Waals surface area contributed by atoms with Crippen molar-refractivity contribution in [2.24, 2.45) is 0 Å². The summed E-state index contributed by atoms with van der Waals surface area (Å²) < 4.78 is 13.6. The summed E-state index contributed by atoms with van der Waals surface area (Å²) in [6.45, 7) is 13.3. The summed E-state index contributed by atoms with van der Waals surface area (Å²) in [5, 5.41) is 18.7. The zero-order valence-corrected chi connectivity index (χ0v) is 22.5. The lowest BCUT2D eigenvalue weighted by molar-refractivity contribution is 0.0635. The number of ether oxygens (including phenoxy) is 2. The van der Waals surface area contributed by atoms with Crippen LogP contribution in [0.25, 0.3) is 22.2 Å². The van der Waals surface area contributed by atoms with Crippen LogP contribution in [0.4, 0.5) is 10.5 Å². The largest absolute Gasteiger partial charge is 0.506 e. The molecule has 0 spiro atoms. The van der Waals surface area contributed by atoms with Crippen molar-refractivity contribution in [2.75, 3.05) is 11.9 Å². The Morgan fingerprint density at radius 2 is 1.97 bits per heavy atom. The zero-order valence-electron chi connectivity index (χ0n) is 19.9. The Morgan fingerprint density at radius 3 is 2.61 bits per heavy atom. The fourth-order valence-electron chi connectivity index (χ4n) is 3.09. The van der Waals surface area contributed by atoms with Gasteiger partial charge in [0, 0.05) is 25.6 Å². The van der Waals surface area contributed by atoms with Gasteiger partial charge in [0.2, 0.25) is 0 Å². The number of aromatic nitrogens is 3. The van der Waals surface area contributed by atoms with E-state index in [4.69, 9.17) is 14.6 Å². The van der Waals surface area contributed by atoms with Gasteiger partial charge in [0.15, 0.2) is 0 Å². The van der Waals surface area contributed by atoms with Crippen molar-refractivity contribution in [1.29, 1.82) is 0 Å². The van der Waals surface area contributed by atoms with Crippen molar-refractivity contribution >= 4 is 46.7 Å². The first-order valence-electron chi connectivity index (χ1n) is 10.8. The average Bonchev–Trinajstić information content (AvgIpc) is 3.02. The highest BCUT2D eigenvalue weighted by molar-refractivity contribution is 9.10. The van der Waals surface area contributed by atoms with Crippen molar-refractivity contribution in [3.63, 3.8) is 0 Å². The molecule has 0 saturated carbocycles. The number of aromatic hydroxyl groups is 1. The molecule has 0 aliphatic carbocycles. The molecule has 0 fully saturated rings. The maximum atomic E-state index is 12.1. The Balaban J connectivity index is 1.86. The average molecular weight is 536 g/mol. The lowest BCUT2D eigenvalue weighted by Gasteiger charge is -2.20. The number of benzene rings is 1. The summed E-state index contributed by atoms with van der Waals surface area (Å²) in [6, 6.07) is 7.95. The molecule has 0 unspecified atom stereocenters. The molecule has 1 aromatic carbocycles. The molecule has 10 heteroatoms. The van der Waals surface area contributed by atoms with Crippen molar-refractivity contribution in [3.05, 3.63) is 35.1 Å². The van der Waals surface area contributed by atoms with Crippen LogP contribution in [0, 0.1) is 0 Å². The van der Waals surface area contributed by atoms with Crippen LogP contribution in [0.5, 0.6) is 5.75 Å². The summed E-state index contributed by atoms with van der Waals surface area (Å²) in [5.41, 5.74) is 1.84. The van der Waals surface area contributed by atoms with Gasteiger partial charge in [-0.3, -0.25) is 5.32 Å². The molecule has 3 aromatic rings. The molecule has 0 aliphatic rings. The third-order valence-corrected chi connectivity index (χ3v) is 6.86. The Bertz CT molecular complexity index is 1150. The number of fused-ring (bicyclic) bond motifs is 1. The van der Waals surface area contributed by atoms with Crippen molar-refractivity contribution in [2.45, 2.75) is 58.8 Å². The quantitative estimate of drug-likeness (QED) is 0.161. The molecule has 0 bridgehead atoms. The number of amides is 1. The number of carbonyl (C=O) groups excluding carboxylic acids is 1. The summed E-state index contributed by atoms with van der Waals surface area (Å²) in [4.78, 5) is 16.4. The monoisotopic (exact) mass is 534 g/mol. The van der Waals surface area contributed by atoms with E-state index in [-0.39, 0.29) is 11.4 Å². The van der Waals surface area contributed by atoms with Crippen LogP contribution >= 0.6 is 15.9 Å². The number of hydrogen-bond acceptors (Lipinski definition) is 6. The maximum absolute atomic E-state index is 12.1. The minimum atomic E-state index is -1.18. The van der Waals surface area contributed by atoms with E-state index in [1.807, 2.05) is 6.07 Å². The normalized spacial score (nSPS) is 12.2. The summed E-state index contributed by atoms with van der Waals surface area (Å²) in [6.07, 6.45) is 1.11. The number of phenols is 1. The molecule has 0 atom stereocenters. The number of rotatable bonds is 7. The van der Waals surface area contributed by atoms with Crippen LogP contribution in [0.1, 0.15) is 20.8 Å². The Hall–Kier alpha value is -2.43. The van der Waals surface area contributed by atoms with E-state index < -0.39 is 19.8 Å². The second-order valence-corrected chi connectivity index (χ2v) is 16.5. The fourth-order valence-corrected chi connectivity index (χ4v) is 4.17. The van der Waals surface area contributed by atoms with E-state index in [2.05, 4.69) is 45.9 Å². The molecule has 2 heterocycles. The number of carbonyl (C=O) groups is 1. The Morgan fingerprint density at radius 1 is 1.24 bits per heavy atom. The van der Waals surface area contributed by atoms with Crippen LogP contribution in [0.2, 0.25) is 25.7 Å². The number of pyridine rings is 1. The fraction of sp³-hybridized carbons (Fsp3) is 0.435. The van der Waals surface area contributed by atoms with Crippen LogP contribution in [0.15, 0.2) is 35.1 Å². The molecular formula is C23H31BrN4O4Si. The molecule has 33 heavy (non-hydrogen) atoms. The van der Waals surface area contributed by atoms with E-state index in [1.54, 1.807) is 49.8 Å². The van der Waals surface area contributed by atoms with Gasteiger partial charge < -0.3 is 14.6 Å². The van der Waals surface area contributed by atoms with E-state index in [0.29, 0.717) is 29.2 Å². The predicted octanol–water partition coefficient (Wildman–Crippen LogP) is 6.23. The number of nitrogens with one attached hydrogen (secondary N) is 1. The van der Waals surface area contributed by atoms with Crippen molar-refractivity contribution in [3.8, 4) is 17.0 Å². The van der Waals surface area contributed by atoms with Gasteiger partial charge in [-0.05, 0) is 60.9 Å². The van der Waals surface area contributed by atoms with Gasteiger partial charge in [0.25, 0.3) is 0 Å². The minimum Gasteiger partial charge on any atom is -0.506 e. The lowest BCUT2D eigenvalue weighted by Crippen LogP contribution is -2.27. The standard InChI is InChI=1S/C23H31BrN4O4Si/c1-23(2,3)32-22(30)26-17-8-7-15(11-19(17)29)21-16-12-20(24)25-13-18(16)28(27-21)14-31-9-10-33(4,5)6/h7-8,11-13,29H,9-10,14H2,1-6H3,(H,26,30). The molecule has 0 aliphatic heterocycles. The lowest BCUT2D eigenvalue weighted by atomic mass is 10.1. The second kappa shape index (κ2) is 9.82. The third-order valence-electron chi connectivity index (χ3n) is 4.72. The van der Waals surface area contributed by atoms with Gasteiger partial charge in [-0.2, -0.15) is 5.10 Å². The molecule has 3 rings (SSSR count). The first-order chi connectivity index (χ1) is 15.3. The number of nitrogens with zero attached hydrogens (tertiary/aromatic N) is 3. The molecule has 178 valence electrons. The number of halogens is 1. The predicted molar refractivity (Wildman–Crippen MR) is 136 cm³/mol. The van der Waals surface area contributed by atoms with Crippen LogP contribution in [-0.2, 0) is 16.2 Å². The molecule has 0 saturated heterocycles. The van der Waals surface area contributed by atoms with Gasteiger partial charge >= 0.3 is 6.09 Å². The Labute approximate surface area is 203 Å². The minimum absolute atomic E-state index is 0.0828. The van der Waals surface area contributed by atoms with E-state index in [9.17, 15) is 9.90 Å². The van der Waals surface area contributed by atoms with E-state index >= 15 is 0 Å². The number of anilines is 1. The molecule has 1 amide bonds. The van der Waals surface area contributed by atoms with E-state index in [0.717, 1.165) is 16.9 Å². The second-order valence-electron chi connectivity index (χ2n) is 10.1. The van der Waals surface area contributed by atoms with Crippen LogP contribution < -0.4 is 5.32 Å². The first kappa shape index (κ1) is 25.2. The number of hydrogen-bond donors (Lipinski definition) is 2. The highest BCUT2D eigenvalue weighted by atomic mass is 79.9. The van der Waals surface area contributed by atoms with Gasteiger partial charge in [0.05, 0.1) is 17.4 Å². The molecule has 8 nitrogen and oxygen atoms in total. The molecule has 2 N–H and O–H groups in total. The van der Waals surface area contributed by atoms with Gasteiger partial charge in [-0.25, -0.2) is 14.5 Å². The summed E-state index contributed by atoms with van der Waals surface area (Å²) in [5.74, 6) is -0.0828. The topological polar surface area (TPSA) is 98.5 Å². The van der Waals surface area contributed by atoms with Crippen LogP contribution in [-0.4, -0.2) is 46.2 Å². The van der Waals surface area contributed by atoms with Gasteiger partial charge in [-0.15, -0.1) is 0 Å². The molecule has 2 aromatic heterocycles. The highest BCUT2D eigenvalue weighted by Crippen LogP contribution is 2.34.